The van der Waals surface area contributed by atoms with E-state index in [2.05, 4.69) is 5.32 Å². The third kappa shape index (κ3) is 5.83. The SMILES string of the molecule is COc1cc(OC)c(NC(=O)CN2CCN(S(=O)(=O)N3CC(C)OC(C)C3)CC2)cc1Cl. The number of piperazine rings is 1. The molecule has 1 N–H and O–H groups in total. The van der Waals surface area contributed by atoms with E-state index in [0.717, 1.165) is 0 Å². The maximum Gasteiger partial charge on any atom is 0.282 e. The van der Waals surface area contributed by atoms with Crippen LogP contribution in [0.25, 0.3) is 0 Å². The van der Waals surface area contributed by atoms with Crippen LogP contribution in [0.1, 0.15) is 13.8 Å². The van der Waals surface area contributed by atoms with Crippen LogP contribution in [0, 0.1) is 0 Å². The third-order valence-corrected chi connectivity index (χ3v) is 7.75. The maximum absolute atomic E-state index is 13.0. The van der Waals surface area contributed by atoms with Gasteiger partial charge < -0.3 is 19.5 Å². The highest BCUT2D eigenvalue weighted by atomic mass is 35.5. The molecule has 3 rings (SSSR count). The monoisotopic (exact) mass is 490 g/mol. The molecule has 12 heteroatoms. The molecule has 2 aliphatic rings. The summed E-state index contributed by atoms with van der Waals surface area (Å²) in [7, 11) is -0.562. The van der Waals surface area contributed by atoms with E-state index >= 15 is 0 Å². The number of carbonyl (C=O) groups is 1. The Morgan fingerprint density at radius 2 is 1.66 bits per heavy atom. The average Bonchev–Trinajstić information content (AvgIpc) is 2.73. The van der Waals surface area contributed by atoms with Gasteiger partial charge in [0.2, 0.25) is 5.91 Å². The molecule has 2 saturated heterocycles. The van der Waals surface area contributed by atoms with Crippen molar-refractivity contribution in [3.05, 3.63) is 17.2 Å². The Bertz CT molecular complexity index is 913. The minimum absolute atomic E-state index is 0.131. The normalized spacial score (nSPS) is 23.7. The number of hydrogen-bond donors (Lipinski definition) is 1. The lowest BCUT2D eigenvalue weighted by atomic mass is 10.2. The average molecular weight is 491 g/mol. The van der Waals surface area contributed by atoms with E-state index in [-0.39, 0.29) is 24.7 Å². The number of ether oxygens (including phenoxy) is 3. The van der Waals surface area contributed by atoms with Gasteiger partial charge in [-0.2, -0.15) is 17.0 Å². The predicted molar refractivity (Wildman–Crippen MR) is 122 cm³/mol. The van der Waals surface area contributed by atoms with Crippen molar-refractivity contribution in [2.45, 2.75) is 26.1 Å². The zero-order valence-corrected chi connectivity index (χ0v) is 20.4. The minimum atomic E-state index is -3.56. The van der Waals surface area contributed by atoms with Crippen LogP contribution in [-0.4, -0.2) is 100 Å². The number of methoxy groups -OCH3 is 2. The Hall–Kier alpha value is -1.63. The van der Waals surface area contributed by atoms with E-state index in [9.17, 15) is 13.2 Å². The molecule has 2 fully saturated rings. The number of benzene rings is 1. The van der Waals surface area contributed by atoms with Gasteiger partial charge in [-0.3, -0.25) is 9.69 Å². The van der Waals surface area contributed by atoms with Gasteiger partial charge >= 0.3 is 0 Å². The van der Waals surface area contributed by atoms with E-state index in [4.69, 9.17) is 25.8 Å². The Balaban J connectivity index is 1.55. The largest absolute Gasteiger partial charge is 0.495 e. The Kier molecular flexibility index (Phi) is 8.23. The van der Waals surface area contributed by atoms with Crippen molar-refractivity contribution in [2.75, 3.05) is 65.3 Å². The molecule has 32 heavy (non-hydrogen) atoms. The topological polar surface area (TPSA) is 101 Å². The van der Waals surface area contributed by atoms with E-state index in [1.54, 1.807) is 12.1 Å². The number of hydrogen-bond acceptors (Lipinski definition) is 7. The van der Waals surface area contributed by atoms with E-state index < -0.39 is 10.2 Å². The lowest BCUT2D eigenvalue weighted by Gasteiger charge is -2.40. The smallest absolute Gasteiger partial charge is 0.282 e. The molecule has 2 atom stereocenters. The molecule has 1 aromatic carbocycles. The number of nitrogens with one attached hydrogen (secondary N) is 1. The number of morpholine rings is 1. The lowest BCUT2D eigenvalue weighted by molar-refractivity contribution is -0.117. The third-order valence-electron chi connectivity index (χ3n) is 5.49. The summed E-state index contributed by atoms with van der Waals surface area (Å²) in [6.07, 6.45) is -0.274. The summed E-state index contributed by atoms with van der Waals surface area (Å²) in [6.45, 7) is 6.15. The van der Waals surface area contributed by atoms with Gasteiger partial charge in [-0.15, -0.1) is 0 Å². The van der Waals surface area contributed by atoms with Gasteiger partial charge in [0.05, 0.1) is 43.7 Å². The van der Waals surface area contributed by atoms with Crippen LogP contribution in [0.2, 0.25) is 5.02 Å². The molecule has 180 valence electrons. The maximum atomic E-state index is 13.0. The summed E-state index contributed by atoms with van der Waals surface area (Å²) in [5.74, 6) is 0.643. The van der Waals surface area contributed by atoms with Crippen LogP contribution in [-0.2, 0) is 19.7 Å². The first-order valence-corrected chi connectivity index (χ1v) is 12.3. The van der Waals surface area contributed by atoms with Gasteiger partial charge in [-0.1, -0.05) is 11.6 Å². The summed E-state index contributed by atoms with van der Waals surface area (Å²) in [4.78, 5) is 14.5. The van der Waals surface area contributed by atoms with Gasteiger partial charge in [-0.25, -0.2) is 0 Å². The first-order chi connectivity index (χ1) is 15.1. The highest BCUT2D eigenvalue weighted by Crippen LogP contribution is 2.35. The highest BCUT2D eigenvalue weighted by Gasteiger charge is 2.36. The first-order valence-electron chi connectivity index (χ1n) is 10.5. The van der Waals surface area contributed by atoms with Crippen molar-refractivity contribution in [1.29, 1.82) is 0 Å². The van der Waals surface area contributed by atoms with Gasteiger partial charge in [-0.05, 0) is 19.9 Å². The zero-order chi connectivity index (χ0) is 23.5. The van der Waals surface area contributed by atoms with Crippen LogP contribution in [0.4, 0.5) is 5.69 Å². The fraction of sp³-hybridized carbons (Fsp3) is 0.650. The molecule has 0 radical (unpaired) electrons. The molecule has 0 aliphatic carbocycles. The molecule has 1 amide bonds. The number of amides is 1. The quantitative estimate of drug-likeness (QED) is 0.614. The molecule has 0 bridgehead atoms. The fourth-order valence-corrected chi connectivity index (χ4v) is 5.94. The highest BCUT2D eigenvalue weighted by molar-refractivity contribution is 7.86. The van der Waals surface area contributed by atoms with Crippen molar-refractivity contribution in [1.82, 2.24) is 13.5 Å². The second-order valence-corrected chi connectivity index (χ2v) is 10.3. The molecule has 1 aromatic rings. The minimum Gasteiger partial charge on any atom is -0.495 e. The molecular weight excluding hydrogens is 460 g/mol. The number of nitrogens with zero attached hydrogens (tertiary/aromatic N) is 3. The molecule has 2 unspecified atom stereocenters. The Morgan fingerprint density at radius 3 is 2.22 bits per heavy atom. The second-order valence-electron chi connectivity index (χ2n) is 7.99. The number of carbonyl (C=O) groups excluding carboxylic acids is 1. The van der Waals surface area contributed by atoms with Crippen LogP contribution >= 0.6 is 11.6 Å². The summed E-state index contributed by atoms with van der Waals surface area (Å²) in [6, 6.07) is 3.18. The predicted octanol–water partition coefficient (Wildman–Crippen LogP) is 1.27. The second kappa shape index (κ2) is 10.5. The lowest BCUT2D eigenvalue weighted by Crippen LogP contribution is -2.57. The van der Waals surface area contributed by atoms with Crippen LogP contribution in [0.3, 0.4) is 0 Å². The van der Waals surface area contributed by atoms with Crippen molar-refractivity contribution >= 4 is 33.4 Å². The molecule has 10 nitrogen and oxygen atoms in total. The van der Waals surface area contributed by atoms with Gasteiger partial charge in [0, 0.05) is 45.3 Å². The zero-order valence-electron chi connectivity index (χ0n) is 18.8. The summed E-state index contributed by atoms with van der Waals surface area (Å²) >= 11 is 6.16. The molecular formula is C20H31ClN4O6S. The molecule has 0 spiro atoms. The Labute approximate surface area is 194 Å². The van der Waals surface area contributed by atoms with Crippen LogP contribution < -0.4 is 14.8 Å². The van der Waals surface area contributed by atoms with Crippen molar-refractivity contribution in [3.8, 4) is 11.5 Å². The fourth-order valence-electron chi connectivity index (χ4n) is 3.95. The summed E-state index contributed by atoms with van der Waals surface area (Å²) in [5, 5.41) is 3.16. The number of rotatable bonds is 7. The number of anilines is 1. The van der Waals surface area contributed by atoms with Crippen molar-refractivity contribution in [3.63, 3.8) is 0 Å². The van der Waals surface area contributed by atoms with E-state index in [0.29, 0.717) is 61.5 Å². The standard InChI is InChI=1S/C20H31ClN4O6S/c1-14-11-25(12-15(2)31-14)32(27,28)24-7-5-23(6-8-24)13-20(26)22-17-9-16(21)18(29-3)10-19(17)30-4/h9-10,14-15H,5-8,11-13H2,1-4H3,(H,22,26). The molecule has 2 heterocycles. The molecule has 0 aromatic heterocycles. The van der Waals surface area contributed by atoms with Crippen molar-refractivity contribution < 1.29 is 27.4 Å². The number of halogens is 1. The molecule has 0 saturated carbocycles. The van der Waals surface area contributed by atoms with Gasteiger partial charge in [0.25, 0.3) is 10.2 Å². The van der Waals surface area contributed by atoms with Crippen molar-refractivity contribution in [2.24, 2.45) is 0 Å². The van der Waals surface area contributed by atoms with Gasteiger partial charge in [0.1, 0.15) is 11.5 Å². The van der Waals surface area contributed by atoms with Gasteiger partial charge in [0.15, 0.2) is 0 Å². The summed E-state index contributed by atoms with van der Waals surface area (Å²) < 4.78 is 45.1. The van der Waals surface area contributed by atoms with E-state index in [1.807, 2.05) is 18.7 Å². The van der Waals surface area contributed by atoms with Crippen LogP contribution in [0.15, 0.2) is 12.1 Å². The first kappa shape index (κ1) is 25.0. The van der Waals surface area contributed by atoms with Crippen LogP contribution in [0.5, 0.6) is 11.5 Å². The Morgan fingerprint density at radius 1 is 1.06 bits per heavy atom. The molecule has 2 aliphatic heterocycles. The summed E-state index contributed by atoms with van der Waals surface area (Å²) in [5.41, 5.74) is 0.445. The van der Waals surface area contributed by atoms with E-state index in [1.165, 1.54) is 22.8 Å².